The van der Waals surface area contributed by atoms with Gasteiger partial charge in [0.1, 0.15) is 12.4 Å². The summed E-state index contributed by atoms with van der Waals surface area (Å²) in [6, 6.07) is 16.3. The molecular formula is C24H27Cl2FN2O4S. The molecule has 0 heterocycles. The first-order valence-corrected chi connectivity index (χ1v) is 12.3. The summed E-state index contributed by atoms with van der Waals surface area (Å²) < 4.78 is 47.4. The number of hydrogen-bond donors (Lipinski definition) is 2. The number of halogens is 3. The van der Waals surface area contributed by atoms with Crippen LogP contribution in [0.3, 0.4) is 0 Å². The molecule has 0 saturated carbocycles. The van der Waals surface area contributed by atoms with Crippen LogP contribution >= 0.6 is 24.0 Å². The van der Waals surface area contributed by atoms with Crippen LogP contribution in [0.15, 0.2) is 65.6 Å². The molecule has 184 valence electrons. The number of ether oxygens (including phenoxy) is 2. The van der Waals surface area contributed by atoms with Gasteiger partial charge in [-0.15, -0.1) is 12.4 Å². The third-order valence-corrected chi connectivity index (χ3v) is 6.05. The number of sulfonamides is 1. The first-order valence-electron chi connectivity index (χ1n) is 10.4. The lowest BCUT2D eigenvalue weighted by molar-refractivity contribution is 0.269. The molecule has 3 N–H and O–H groups in total. The predicted octanol–water partition coefficient (Wildman–Crippen LogP) is 4.86. The second-order valence-corrected chi connectivity index (χ2v) is 9.34. The highest BCUT2D eigenvalue weighted by Gasteiger charge is 2.13. The van der Waals surface area contributed by atoms with Gasteiger partial charge < -0.3 is 14.8 Å². The second-order valence-electron chi connectivity index (χ2n) is 7.37. The van der Waals surface area contributed by atoms with Gasteiger partial charge in [0.25, 0.3) is 0 Å². The van der Waals surface area contributed by atoms with E-state index >= 15 is 0 Å². The summed E-state index contributed by atoms with van der Waals surface area (Å²) in [6.45, 7) is 3.81. The molecule has 0 aromatic heterocycles. The lowest BCUT2D eigenvalue weighted by Crippen LogP contribution is -2.17. The zero-order chi connectivity index (χ0) is 23.8. The molecule has 0 atom stereocenters. The molecule has 3 aromatic rings. The largest absolute Gasteiger partial charge is 0.490 e. The van der Waals surface area contributed by atoms with E-state index in [2.05, 4.69) is 5.32 Å². The average molecular weight is 529 g/mol. The molecule has 0 aliphatic rings. The van der Waals surface area contributed by atoms with Gasteiger partial charge in [-0.05, 0) is 73.0 Å². The van der Waals surface area contributed by atoms with Gasteiger partial charge in [-0.25, -0.2) is 17.9 Å². The quantitative estimate of drug-likeness (QED) is 0.347. The van der Waals surface area contributed by atoms with Crippen LogP contribution in [0.1, 0.15) is 23.6 Å². The molecule has 3 rings (SSSR count). The molecule has 34 heavy (non-hydrogen) atoms. The van der Waals surface area contributed by atoms with Gasteiger partial charge in [0, 0.05) is 6.54 Å². The van der Waals surface area contributed by atoms with Gasteiger partial charge >= 0.3 is 0 Å². The fraction of sp³-hybridized carbons (Fsp3) is 0.250. The van der Waals surface area contributed by atoms with Crippen molar-refractivity contribution in [1.29, 1.82) is 0 Å². The molecular weight excluding hydrogens is 502 g/mol. The molecule has 0 aliphatic heterocycles. The van der Waals surface area contributed by atoms with E-state index < -0.39 is 10.0 Å². The van der Waals surface area contributed by atoms with E-state index in [-0.39, 0.29) is 29.7 Å². The van der Waals surface area contributed by atoms with E-state index in [4.69, 9.17) is 26.2 Å². The summed E-state index contributed by atoms with van der Waals surface area (Å²) in [6.07, 6.45) is 0.718. The van der Waals surface area contributed by atoms with Crippen molar-refractivity contribution >= 4 is 34.0 Å². The monoisotopic (exact) mass is 528 g/mol. The number of rotatable bonds is 11. The fourth-order valence-electron chi connectivity index (χ4n) is 3.17. The minimum atomic E-state index is -3.68. The van der Waals surface area contributed by atoms with E-state index in [1.807, 2.05) is 19.1 Å². The lowest BCUT2D eigenvalue weighted by atomic mass is 10.1. The van der Waals surface area contributed by atoms with Crippen LogP contribution in [0.5, 0.6) is 11.5 Å². The first-order chi connectivity index (χ1) is 15.8. The summed E-state index contributed by atoms with van der Waals surface area (Å²) in [5.41, 5.74) is 2.74. The van der Waals surface area contributed by atoms with Crippen LogP contribution in [-0.2, 0) is 29.6 Å². The van der Waals surface area contributed by atoms with Crippen LogP contribution in [0, 0.1) is 5.82 Å². The average Bonchev–Trinajstić information content (AvgIpc) is 2.77. The van der Waals surface area contributed by atoms with Crippen molar-refractivity contribution < 1.29 is 22.3 Å². The number of benzene rings is 3. The molecule has 0 amide bonds. The van der Waals surface area contributed by atoms with Gasteiger partial charge in [-0.3, -0.25) is 0 Å². The van der Waals surface area contributed by atoms with Crippen LogP contribution in [-0.4, -0.2) is 21.6 Å². The molecule has 10 heteroatoms. The minimum Gasteiger partial charge on any atom is -0.490 e. The fourth-order valence-corrected chi connectivity index (χ4v) is 3.98. The Hall–Kier alpha value is -2.36. The topological polar surface area (TPSA) is 90.6 Å². The van der Waals surface area contributed by atoms with Gasteiger partial charge in [-0.1, -0.05) is 35.9 Å². The van der Waals surface area contributed by atoms with Crippen LogP contribution in [0.2, 0.25) is 5.02 Å². The lowest BCUT2D eigenvalue weighted by Gasteiger charge is -2.16. The summed E-state index contributed by atoms with van der Waals surface area (Å²) in [4.78, 5) is 0.0963. The van der Waals surface area contributed by atoms with Crippen molar-refractivity contribution in [3.8, 4) is 11.5 Å². The Kier molecular flexibility index (Phi) is 10.6. The van der Waals surface area contributed by atoms with Gasteiger partial charge in [0.15, 0.2) is 11.5 Å². The molecule has 0 saturated heterocycles. The highest BCUT2D eigenvalue weighted by atomic mass is 35.5. The highest BCUT2D eigenvalue weighted by Crippen LogP contribution is 2.37. The maximum Gasteiger partial charge on any atom is 0.238 e. The zero-order valence-corrected chi connectivity index (χ0v) is 21.0. The third-order valence-electron chi connectivity index (χ3n) is 4.84. The summed E-state index contributed by atoms with van der Waals surface area (Å²) in [5.74, 6) is 0.688. The van der Waals surface area contributed by atoms with Crippen LogP contribution in [0.25, 0.3) is 0 Å². The predicted molar refractivity (Wildman–Crippen MR) is 134 cm³/mol. The van der Waals surface area contributed by atoms with E-state index in [0.29, 0.717) is 36.2 Å². The Balaban J connectivity index is 0.00000408. The molecule has 0 radical (unpaired) electrons. The van der Waals surface area contributed by atoms with Gasteiger partial charge in [0.05, 0.1) is 16.5 Å². The maximum absolute atomic E-state index is 13.1. The Morgan fingerprint density at radius 1 is 0.971 bits per heavy atom. The maximum atomic E-state index is 13.1. The van der Waals surface area contributed by atoms with Crippen molar-refractivity contribution in [1.82, 2.24) is 5.32 Å². The van der Waals surface area contributed by atoms with Gasteiger partial charge in [0.2, 0.25) is 10.0 Å². The molecule has 0 bridgehead atoms. The number of nitrogens with two attached hydrogens (primary N) is 1. The smallest absolute Gasteiger partial charge is 0.238 e. The Morgan fingerprint density at radius 2 is 1.62 bits per heavy atom. The highest BCUT2D eigenvalue weighted by molar-refractivity contribution is 7.89. The molecule has 0 aliphatic carbocycles. The minimum absolute atomic E-state index is 0. The summed E-state index contributed by atoms with van der Waals surface area (Å²) >= 11 is 6.47. The van der Waals surface area contributed by atoms with E-state index in [0.717, 1.165) is 23.1 Å². The van der Waals surface area contributed by atoms with Crippen molar-refractivity contribution in [2.24, 2.45) is 5.14 Å². The van der Waals surface area contributed by atoms with Crippen molar-refractivity contribution in [2.75, 3.05) is 13.2 Å². The Morgan fingerprint density at radius 3 is 2.24 bits per heavy atom. The molecule has 3 aromatic carbocycles. The third kappa shape index (κ3) is 8.14. The van der Waals surface area contributed by atoms with E-state index in [9.17, 15) is 12.8 Å². The van der Waals surface area contributed by atoms with Crippen molar-refractivity contribution in [3.05, 3.63) is 88.2 Å². The molecule has 0 unspecified atom stereocenters. The number of nitrogens with one attached hydrogen (secondary N) is 1. The molecule has 0 spiro atoms. The Labute approximate surface area is 210 Å². The molecule has 6 nitrogen and oxygen atoms in total. The van der Waals surface area contributed by atoms with E-state index in [1.54, 1.807) is 24.3 Å². The normalized spacial score (nSPS) is 11.1. The zero-order valence-electron chi connectivity index (χ0n) is 18.6. The SMILES string of the molecule is CCOc1cc(CNCCc2ccc(S(N)(=O)=O)cc2)cc(Cl)c1OCc1ccc(F)cc1.Cl. The number of primary sulfonamides is 1. The molecule has 0 fully saturated rings. The van der Waals surface area contributed by atoms with E-state index in [1.165, 1.54) is 24.3 Å². The van der Waals surface area contributed by atoms with Crippen LogP contribution < -0.4 is 19.9 Å². The first kappa shape index (κ1) is 27.9. The summed E-state index contributed by atoms with van der Waals surface area (Å²) in [7, 11) is -3.68. The number of hydrogen-bond acceptors (Lipinski definition) is 5. The standard InChI is InChI=1S/C24H26ClFN2O4S.ClH/c1-2-31-23-14-19(13-22(25)24(23)32-16-18-3-7-20(26)8-4-18)15-28-12-11-17-5-9-21(10-6-17)33(27,29)30;/h3-10,13-14,28H,2,11-12,15-16H2,1H3,(H2,27,29,30);1H. The van der Waals surface area contributed by atoms with Crippen molar-refractivity contribution in [2.45, 2.75) is 31.4 Å². The van der Waals surface area contributed by atoms with Crippen molar-refractivity contribution in [3.63, 3.8) is 0 Å². The Bertz CT molecular complexity index is 1170. The second kappa shape index (κ2) is 12.9. The van der Waals surface area contributed by atoms with Gasteiger partial charge in [-0.2, -0.15) is 0 Å². The van der Waals surface area contributed by atoms with Crippen LogP contribution in [0.4, 0.5) is 4.39 Å². The summed E-state index contributed by atoms with van der Waals surface area (Å²) in [5, 5.41) is 8.89.